The van der Waals surface area contributed by atoms with Crippen molar-refractivity contribution in [3.05, 3.63) is 11.6 Å². The Labute approximate surface area is 210 Å². The van der Waals surface area contributed by atoms with Crippen molar-refractivity contribution in [2.45, 2.75) is 118 Å². The van der Waals surface area contributed by atoms with E-state index in [1.165, 1.54) is 5.57 Å². The van der Waals surface area contributed by atoms with Crippen LogP contribution in [0.25, 0.3) is 0 Å². The molecule has 3 saturated carbocycles. The number of ether oxygens (including phenoxy) is 1. The van der Waals surface area contributed by atoms with Gasteiger partial charge >= 0.3 is 0 Å². The molecule has 0 aromatic carbocycles. The van der Waals surface area contributed by atoms with E-state index < -0.39 is 16.6 Å². The van der Waals surface area contributed by atoms with Crippen LogP contribution in [0.1, 0.15) is 100 Å². The number of fused-ring (bicyclic) bond motifs is 5. The van der Waals surface area contributed by atoms with Crippen molar-refractivity contribution < 1.29 is 24.2 Å². The zero-order valence-corrected chi connectivity index (χ0v) is 22.9. The van der Waals surface area contributed by atoms with Gasteiger partial charge in [-0.25, -0.2) is 0 Å². The normalized spacial score (nSPS) is 49.4. The fraction of sp³-hybridized carbons (Fsp3) is 0.833. The Morgan fingerprint density at radius 3 is 2.20 bits per heavy atom. The van der Waals surface area contributed by atoms with E-state index in [-0.39, 0.29) is 57.5 Å². The average molecular weight is 485 g/mol. The van der Waals surface area contributed by atoms with Crippen LogP contribution < -0.4 is 0 Å². The van der Waals surface area contributed by atoms with E-state index in [1.807, 2.05) is 13.8 Å². The summed E-state index contributed by atoms with van der Waals surface area (Å²) in [6.07, 6.45) is 6.43. The molecule has 8 atom stereocenters. The number of Topliss-reactive ketones (excluding diaryl/α,β-unsaturated/α-hetero) is 3. The summed E-state index contributed by atoms with van der Waals surface area (Å²) in [6, 6.07) is 0. The maximum absolute atomic E-state index is 13.9. The van der Waals surface area contributed by atoms with Gasteiger partial charge in [-0.15, -0.1) is 0 Å². The van der Waals surface area contributed by atoms with E-state index in [9.17, 15) is 19.5 Å². The molecule has 1 N–H and O–H groups in total. The molecule has 1 heterocycles. The standard InChI is InChI=1S/C30H44O5/c1-25(2)21(33)10-12-27(5)17-9-13-28(6)24(30(8)14-11-22(35-30)26(3,4)34)20(32)16-29(28,7)18(17)15-19(31)23(25)27/h9,18,22-24,34H,10-16H2,1-8H3/t18-,22+,23+,24+,27-,28-,29+,30-/m1/s1. The van der Waals surface area contributed by atoms with Gasteiger partial charge in [0.05, 0.1) is 23.2 Å². The topological polar surface area (TPSA) is 80.7 Å². The van der Waals surface area contributed by atoms with Gasteiger partial charge in [-0.2, -0.15) is 0 Å². The molecule has 5 aliphatic rings. The van der Waals surface area contributed by atoms with Crippen LogP contribution in [0.4, 0.5) is 0 Å². The molecule has 0 amide bonds. The Morgan fingerprint density at radius 2 is 1.60 bits per heavy atom. The number of carbonyl (C=O) groups excluding carboxylic acids is 3. The molecule has 5 rings (SSSR count). The quantitative estimate of drug-likeness (QED) is 0.543. The Kier molecular flexibility index (Phi) is 5.18. The largest absolute Gasteiger partial charge is 0.388 e. The molecule has 0 radical (unpaired) electrons. The van der Waals surface area contributed by atoms with Crippen LogP contribution in [0.5, 0.6) is 0 Å². The second kappa shape index (κ2) is 7.16. The smallest absolute Gasteiger partial charge is 0.140 e. The first-order valence-electron chi connectivity index (χ1n) is 13.6. The Hall–Kier alpha value is -1.33. The van der Waals surface area contributed by atoms with Gasteiger partial charge in [0.2, 0.25) is 0 Å². The Balaban J connectivity index is 1.57. The molecule has 0 aromatic heterocycles. The first kappa shape index (κ1) is 25.3. The summed E-state index contributed by atoms with van der Waals surface area (Å²) in [5, 5.41) is 10.6. The molecular formula is C30H44O5. The molecule has 1 aliphatic heterocycles. The number of ketones is 3. The predicted octanol–water partition coefficient (Wildman–Crippen LogP) is 5.23. The highest BCUT2D eigenvalue weighted by Crippen LogP contribution is 2.72. The Morgan fingerprint density at radius 1 is 0.943 bits per heavy atom. The summed E-state index contributed by atoms with van der Waals surface area (Å²) < 4.78 is 6.53. The van der Waals surface area contributed by atoms with Crippen molar-refractivity contribution in [3.63, 3.8) is 0 Å². The lowest BCUT2D eigenvalue weighted by atomic mass is 9.41. The van der Waals surface area contributed by atoms with E-state index in [0.29, 0.717) is 25.7 Å². The van der Waals surface area contributed by atoms with E-state index in [4.69, 9.17) is 4.74 Å². The minimum absolute atomic E-state index is 0.0167. The van der Waals surface area contributed by atoms with Crippen LogP contribution in [0.2, 0.25) is 0 Å². The average Bonchev–Trinajstić information content (AvgIpc) is 3.20. The summed E-state index contributed by atoms with van der Waals surface area (Å²) in [5.74, 6) is 0.0888. The molecule has 194 valence electrons. The number of carbonyl (C=O) groups is 3. The van der Waals surface area contributed by atoms with E-state index >= 15 is 0 Å². The fourth-order valence-corrected chi connectivity index (χ4v) is 9.77. The fourth-order valence-electron chi connectivity index (χ4n) is 9.77. The van der Waals surface area contributed by atoms with Crippen molar-refractivity contribution in [1.82, 2.24) is 0 Å². The van der Waals surface area contributed by atoms with Crippen LogP contribution in [-0.2, 0) is 19.1 Å². The minimum atomic E-state index is -0.951. The van der Waals surface area contributed by atoms with Crippen LogP contribution in [0.15, 0.2) is 11.6 Å². The third kappa shape index (κ3) is 3.09. The van der Waals surface area contributed by atoms with Gasteiger partial charge in [-0.1, -0.05) is 46.3 Å². The number of aliphatic hydroxyl groups is 1. The zero-order chi connectivity index (χ0) is 26.0. The van der Waals surface area contributed by atoms with Crippen molar-refractivity contribution in [2.75, 3.05) is 0 Å². The molecule has 4 aliphatic carbocycles. The molecule has 5 nitrogen and oxygen atoms in total. The van der Waals surface area contributed by atoms with Gasteiger partial charge in [-0.05, 0) is 68.6 Å². The highest BCUT2D eigenvalue weighted by atomic mass is 16.5. The lowest BCUT2D eigenvalue weighted by Crippen LogP contribution is -2.60. The van der Waals surface area contributed by atoms with E-state index in [2.05, 4.69) is 33.8 Å². The van der Waals surface area contributed by atoms with Gasteiger partial charge in [0.25, 0.3) is 0 Å². The second-order valence-electron chi connectivity index (χ2n) is 14.6. The first-order chi connectivity index (χ1) is 15.9. The van der Waals surface area contributed by atoms with E-state index in [1.54, 1.807) is 13.8 Å². The molecule has 0 unspecified atom stereocenters. The Bertz CT molecular complexity index is 1030. The summed E-state index contributed by atoms with van der Waals surface area (Å²) >= 11 is 0. The van der Waals surface area contributed by atoms with Gasteiger partial charge in [0, 0.05) is 30.6 Å². The highest BCUT2D eigenvalue weighted by molar-refractivity contribution is 5.96. The molecular weight excluding hydrogens is 440 g/mol. The summed E-state index contributed by atoms with van der Waals surface area (Å²) in [6.45, 7) is 16.2. The molecule has 5 heteroatoms. The van der Waals surface area contributed by atoms with Crippen molar-refractivity contribution >= 4 is 17.3 Å². The molecule has 35 heavy (non-hydrogen) atoms. The van der Waals surface area contributed by atoms with Crippen molar-refractivity contribution in [3.8, 4) is 0 Å². The van der Waals surface area contributed by atoms with Crippen LogP contribution in [-0.4, -0.2) is 39.8 Å². The second-order valence-corrected chi connectivity index (χ2v) is 14.6. The minimum Gasteiger partial charge on any atom is -0.388 e. The molecule has 0 spiro atoms. The van der Waals surface area contributed by atoms with Crippen molar-refractivity contribution in [2.24, 2.45) is 39.4 Å². The lowest BCUT2D eigenvalue weighted by Gasteiger charge is -2.62. The number of rotatable bonds is 2. The maximum Gasteiger partial charge on any atom is 0.140 e. The number of allylic oxidation sites excluding steroid dienone is 2. The first-order valence-corrected chi connectivity index (χ1v) is 13.6. The summed E-state index contributed by atoms with van der Waals surface area (Å²) in [7, 11) is 0. The van der Waals surface area contributed by atoms with Gasteiger partial charge in [0.15, 0.2) is 0 Å². The molecule has 0 bridgehead atoms. The zero-order valence-electron chi connectivity index (χ0n) is 22.9. The van der Waals surface area contributed by atoms with Crippen molar-refractivity contribution in [1.29, 1.82) is 0 Å². The summed E-state index contributed by atoms with van der Waals surface area (Å²) in [4.78, 5) is 40.5. The van der Waals surface area contributed by atoms with Gasteiger partial charge < -0.3 is 9.84 Å². The van der Waals surface area contributed by atoms with Crippen LogP contribution in [0.3, 0.4) is 0 Å². The summed E-state index contributed by atoms with van der Waals surface area (Å²) in [5.41, 5.74) is -1.90. The number of hydrogen-bond acceptors (Lipinski definition) is 5. The highest BCUT2D eigenvalue weighted by Gasteiger charge is 2.71. The SMILES string of the molecule is CC(C)(O)[C@@H]1CC[C@](C)([C@H]2C(=O)C[C@@]3(C)[C@@H]4CC(=O)[C@H]5C(C)(C)C(=O)CC[C@]5(C)C4=CC[C@]23C)O1. The van der Waals surface area contributed by atoms with Crippen LogP contribution in [0, 0.1) is 39.4 Å². The van der Waals surface area contributed by atoms with E-state index in [0.717, 1.165) is 19.3 Å². The maximum atomic E-state index is 13.9. The monoisotopic (exact) mass is 484 g/mol. The van der Waals surface area contributed by atoms with Gasteiger partial charge in [-0.3, -0.25) is 14.4 Å². The van der Waals surface area contributed by atoms with Gasteiger partial charge in [0.1, 0.15) is 17.3 Å². The molecule has 1 saturated heterocycles. The third-order valence-corrected chi connectivity index (χ3v) is 11.7. The number of hydrogen-bond donors (Lipinski definition) is 1. The van der Waals surface area contributed by atoms with Crippen LogP contribution >= 0.6 is 0 Å². The molecule has 0 aromatic rings. The predicted molar refractivity (Wildman–Crippen MR) is 134 cm³/mol. The lowest BCUT2D eigenvalue weighted by molar-refractivity contribution is -0.169. The molecule has 4 fully saturated rings. The third-order valence-electron chi connectivity index (χ3n) is 11.7.